The lowest BCUT2D eigenvalue weighted by atomic mass is 10.1. The first kappa shape index (κ1) is 27.3. The van der Waals surface area contributed by atoms with Crippen LogP contribution < -0.4 is 20.3 Å². The Hall–Kier alpha value is -4.25. The van der Waals surface area contributed by atoms with Crippen molar-refractivity contribution < 1.29 is 9.53 Å². The zero-order valence-electron chi connectivity index (χ0n) is 23.8. The first-order chi connectivity index (χ1) is 19.1. The Kier molecular flexibility index (Phi) is 7.33. The number of nitrogens with one attached hydrogen (secondary N) is 1. The fourth-order valence-electron chi connectivity index (χ4n) is 5.28. The lowest BCUT2D eigenvalue weighted by molar-refractivity contribution is -0.126. The molecule has 5 rings (SSSR count). The average molecular weight is 544 g/mol. The smallest absolute Gasteiger partial charge is 0.246 e. The number of fused-ring (bicyclic) bond motifs is 1. The summed E-state index contributed by atoms with van der Waals surface area (Å²) in [6, 6.07) is 6.07. The van der Waals surface area contributed by atoms with Crippen LogP contribution in [-0.4, -0.2) is 95.8 Å². The van der Waals surface area contributed by atoms with Crippen LogP contribution in [0.5, 0.6) is 11.6 Å². The van der Waals surface area contributed by atoms with Crippen LogP contribution in [0.3, 0.4) is 0 Å². The van der Waals surface area contributed by atoms with E-state index in [1.165, 1.54) is 12.3 Å². The molecular formula is C29H37N9O2. The number of likely N-dealkylation sites (N-methyl/N-ethyl adjacent to an activating group) is 1. The summed E-state index contributed by atoms with van der Waals surface area (Å²) in [5.74, 6) is 2.17. The molecule has 2 aliphatic heterocycles. The largest absolute Gasteiger partial charge is 0.436 e. The van der Waals surface area contributed by atoms with E-state index in [2.05, 4.69) is 42.3 Å². The minimum absolute atomic E-state index is 0.0213. The maximum Gasteiger partial charge on any atom is 0.246 e. The predicted molar refractivity (Wildman–Crippen MR) is 159 cm³/mol. The van der Waals surface area contributed by atoms with E-state index in [-0.39, 0.29) is 11.9 Å². The zero-order valence-corrected chi connectivity index (χ0v) is 23.8. The Balaban J connectivity index is 1.64. The van der Waals surface area contributed by atoms with Crippen molar-refractivity contribution in [3.05, 3.63) is 47.7 Å². The minimum atomic E-state index is -0.0646. The number of anilines is 3. The molecule has 2 fully saturated rings. The maximum atomic E-state index is 12.3. The first-order valence-electron chi connectivity index (χ1n) is 13.5. The van der Waals surface area contributed by atoms with Crippen LogP contribution in [0.4, 0.5) is 17.5 Å². The summed E-state index contributed by atoms with van der Waals surface area (Å²) in [4.78, 5) is 35.6. The van der Waals surface area contributed by atoms with Gasteiger partial charge in [-0.3, -0.25) is 4.79 Å². The lowest BCUT2D eigenvalue weighted by Crippen LogP contribution is -2.58. The van der Waals surface area contributed by atoms with Crippen molar-refractivity contribution in [1.29, 1.82) is 5.41 Å². The molecule has 1 atom stereocenters. The normalized spacial score (nSPS) is 17.8. The molecule has 210 valence electrons. The van der Waals surface area contributed by atoms with Gasteiger partial charge in [0.2, 0.25) is 17.7 Å². The predicted octanol–water partition coefficient (Wildman–Crippen LogP) is 2.99. The molecule has 0 bridgehead atoms. The molecule has 2 saturated heterocycles. The van der Waals surface area contributed by atoms with E-state index < -0.39 is 0 Å². The van der Waals surface area contributed by atoms with Gasteiger partial charge in [-0.05, 0) is 58.6 Å². The molecular weight excluding hydrogens is 506 g/mol. The van der Waals surface area contributed by atoms with Crippen LogP contribution in [0.1, 0.15) is 23.7 Å². The van der Waals surface area contributed by atoms with Gasteiger partial charge >= 0.3 is 0 Å². The quantitative estimate of drug-likeness (QED) is 0.263. The number of pyridine rings is 1. The second kappa shape index (κ2) is 10.7. The average Bonchev–Trinajstić information content (AvgIpc) is 2.89. The van der Waals surface area contributed by atoms with Crippen molar-refractivity contribution in [2.45, 2.75) is 32.9 Å². The van der Waals surface area contributed by atoms with Gasteiger partial charge in [-0.15, -0.1) is 0 Å². The Morgan fingerprint density at radius 2 is 1.93 bits per heavy atom. The van der Waals surface area contributed by atoms with Gasteiger partial charge in [0.05, 0.1) is 10.9 Å². The fourth-order valence-corrected chi connectivity index (χ4v) is 5.28. The summed E-state index contributed by atoms with van der Waals surface area (Å²) in [5.41, 5.74) is 9.32. The van der Waals surface area contributed by atoms with E-state index in [1.807, 2.05) is 30.9 Å². The van der Waals surface area contributed by atoms with Crippen LogP contribution >= 0.6 is 0 Å². The highest BCUT2D eigenvalue weighted by Gasteiger charge is 2.34. The highest BCUT2D eigenvalue weighted by Crippen LogP contribution is 2.38. The molecule has 0 aliphatic carbocycles. The molecule has 0 radical (unpaired) electrons. The van der Waals surface area contributed by atoms with Crippen LogP contribution in [-0.2, 0) is 4.79 Å². The maximum absolute atomic E-state index is 12.3. The van der Waals surface area contributed by atoms with Crippen LogP contribution in [0.15, 0.2) is 30.9 Å². The monoisotopic (exact) mass is 543 g/mol. The number of piperazine rings is 1. The first-order valence-corrected chi connectivity index (χ1v) is 13.5. The second-order valence-corrected chi connectivity index (χ2v) is 10.8. The Morgan fingerprint density at radius 3 is 2.58 bits per heavy atom. The number of hydrogen-bond acceptors (Lipinski definition) is 10. The van der Waals surface area contributed by atoms with E-state index in [0.29, 0.717) is 60.0 Å². The van der Waals surface area contributed by atoms with Crippen LogP contribution in [0.2, 0.25) is 0 Å². The minimum Gasteiger partial charge on any atom is -0.436 e. The summed E-state index contributed by atoms with van der Waals surface area (Å²) in [6.45, 7) is 13.0. The van der Waals surface area contributed by atoms with Crippen molar-refractivity contribution in [1.82, 2.24) is 24.8 Å². The zero-order chi connectivity index (χ0) is 28.7. The van der Waals surface area contributed by atoms with Crippen molar-refractivity contribution in [2.75, 3.05) is 62.4 Å². The number of hydrogen-bond donors (Lipinski definition) is 2. The number of rotatable bonds is 7. The van der Waals surface area contributed by atoms with E-state index in [4.69, 9.17) is 30.8 Å². The summed E-state index contributed by atoms with van der Waals surface area (Å²) >= 11 is 0. The molecule has 11 heteroatoms. The second-order valence-electron chi connectivity index (χ2n) is 10.8. The Morgan fingerprint density at radius 1 is 1.18 bits per heavy atom. The number of carbonyl (C=O) groups is 1. The van der Waals surface area contributed by atoms with Crippen molar-refractivity contribution in [2.24, 2.45) is 0 Å². The van der Waals surface area contributed by atoms with E-state index in [1.54, 1.807) is 6.07 Å². The number of benzene rings is 1. The molecule has 3 aromatic rings. The summed E-state index contributed by atoms with van der Waals surface area (Å²) in [6.07, 6.45) is 2.57. The van der Waals surface area contributed by atoms with Crippen molar-refractivity contribution in [3.8, 4) is 11.6 Å². The van der Waals surface area contributed by atoms with E-state index in [9.17, 15) is 4.79 Å². The summed E-state index contributed by atoms with van der Waals surface area (Å²) in [7, 11) is 4.15. The molecule has 3 N–H and O–H groups in total. The number of nitrogens with zero attached hydrogens (tertiary/aromatic N) is 7. The Bertz CT molecular complexity index is 1480. The third kappa shape index (κ3) is 4.92. The van der Waals surface area contributed by atoms with Gasteiger partial charge in [0.15, 0.2) is 0 Å². The SMILES string of the molecule is C=CC(=O)N1CCN(c2nc(N3CC(N(C)C)C3)nc3c(Oc4c(C)ccc(N)c4C=N)nc(C)cc23)[C@@H](C)C1. The topological polar surface area (TPSA) is 128 Å². The summed E-state index contributed by atoms with van der Waals surface area (Å²) < 4.78 is 6.44. The standard InChI is InChI=1S/C29H37N9O2/c1-7-24(39)36-10-11-38(19(4)14-36)27-21-12-18(3)32-28(40-26-17(2)8-9-23(31)22(26)13-30)25(21)33-29(34-27)37-15-20(16-37)35(5)6/h7-9,12-13,19-20,30H,1,10-11,14-16,31H2,2-6H3/t19-/m0/s1. The van der Waals surface area contributed by atoms with Crippen LogP contribution in [0, 0.1) is 19.3 Å². The highest BCUT2D eigenvalue weighted by atomic mass is 16.5. The molecule has 0 unspecified atom stereocenters. The van der Waals surface area contributed by atoms with Gasteiger partial charge in [0.25, 0.3) is 0 Å². The van der Waals surface area contributed by atoms with Gasteiger partial charge in [0, 0.05) is 62.4 Å². The fraction of sp³-hybridized carbons (Fsp3) is 0.414. The number of aryl methyl sites for hydroxylation is 2. The van der Waals surface area contributed by atoms with Gasteiger partial charge in [-0.25, -0.2) is 9.97 Å². The lowest BCUT2D eigenvalue weighted by Gasteiger charge is -2.44. The molecule has 1 aromatic carbocycles. The Labute approximate surface area is 234 Å². The molecule has 4 heterocycles. The number of carbonyl (C=O) groups excluding carboxylic acids is 1. The van der Waals surface area contributed by atoms with Gasteiger partial charge in [0.1, 0.15) is 17.1 Å². The third-order valence-corrected chi connectivity index (χ3v) is 7.78. The van der Waals surface area contributed by atoms with Crippen molar-refractivity contribution in [3.63, 3.8) is 0 Å². The highest BCUT2D eigenvalue weighted by molar-refractivity contribution is 5.95. The van der Waals surface area contributed by atoms with Gasteiger partial charge < -0.3 is 35.5 Å². The van der Waals surface area contributed by atoms with E-state index in [0.717, 1.165) is 35.6 Å². The van der Waals surface area contributed by atoms with Gasteiger partial charge in [-0.1, -0.05) is 12.6 Å². The molecule has 2 aromatic heterocycles. The molecule has 0 spiro atoms. The van der Waals surface area contributed by atoms with Gasteiger partial charge in [-0.2, -0.15) is 4.98 Å². The summed E-state index contributed by atoms with van der Waals surface area (Å²) in [5, 5.41) is 8.76. The number of ether oxygens (including phenoxy) is 1. The number of amides is 1. The van der Waals surface area contributed by atoms with E-state index >= 15 is 0 Å². The third-order valence-electron chi connectivity index (χ3n) is 7.78. The molecule has 2 aliphatic rings. The molecule has 1 amide bonds. The van der Waals surface area contributed by atoms with Crippen LogP contribution in [0.25, 0.3) is 10.9 Å². The molecule has 0 saturated carbocycles. The molecule has 11 nitrogen and oxygen atoms in total. The number of nitrogen functional groups attached to an aromatic ring is 1. The molecule has 40 heavy (non-hydrogen) atoms. The number of nitrogens with two attached hydrogens (primary N) is 1. The number of aromatic nitrogens is 3. The van der Waals surface area contributed by atoms with Crippen molar-refractivity contribution >= 4 is 40.5 Å².